The second kappa shape index (κ2) is 32.7. The zero-order valence-corrected chi connectivity index (χ0v) is 43.2. The first kappa shape index (κ1) is 60.1. The van der Waals surface area contributed by atoms with Crippen molar-refractivity contribution in [2.24, 2.45) is 10.4 Å². The van der Waals surface area contributed by atoms with Crippen molar-refractivity contribution in [3.05, 3.63) is 75.2 Å². The molecule has 2 unspecified atom stereocenters. The van der Waals surface area contributed by atoms with Gasteiger partial charge in [0.25, 0.3) is 0 Å². The molecular weight excluding hydrogens is 756 g/mol. The Bertz CT molecular complexity index is 1550. The lowest BCUT2D eigenvalue weighted by Crippen LogP contribution is -2.34. The minimum Gasteiger partial charge on any atom is -0.480 e. The molecule has 1 aromatic carbocycles. The van der Waals surface area contributed by atoms with Crippen LogP contribution in [0.25, 0.3) is 11.3 Å². The number of allylic oxidation sites excluding steroid dienone is 7. The van der Waals surface area contributed by atoms with Crippen LogP contribution in [-0.2, 0) is 17.8 Å². The average Bonchev–Trinajstić information content (AvgIpc) is 3.95. The number of unbranched alkanes of at least 4 members (excludes halogenated alkanes) is 3. The molecule has 5 nitrogen and oxygen atoms in total. The van der Waals surface area contributed by atoms with Gasteiger partial charge in [-0.2, -0.15) is 0 Å². The van der Waals surface area contributed by atoms with Gasteiger partial charge in [0.15, 0.2) is 11.7 Å². The molecule has 2 fully saturated rings. The summed E-state index contributed by atoms with van der Waals surface area (Å²) in [6.45, 7) is 47.4. The summed E-state index contributed by atoms with van der Waals surface area (Å²) < 4.78 is 23.8. The van der Waals surface area contributed by atoms with Gasteiger partial charge in [-0.05, 0) is 133 Å². The quantitative estimate of drug-likeness (QED) is 0.0877. The molecule has 352 valence electrons. The number of rotatable bonds is 18. The molecule has 6 heteroatoms. The van der Waals surface area contributed by atoms with Crippen molar-refractivity contribution in [1.29, 1.82) is 0 Å². The van der Waals surface area contributed by atoms with Crippen LogP contribution in [-0.4, -0.2) is 46.3 Å². The van der Waals surface area contributed by atoms with E-state index < -0.39 is 5.82 Å². The molecule has 0 amide bonds. The fourth-order valence-corrected chi connectivity index (χ4v) is 7.53. The molecule has 1 saturated heterocycles. The van der Waals surface area contributed by atoms with Gasteiger partial charge in [0.1, 0.15) is 5.69 Å². The summed E-state index contributed by atoms with van der Waals surface area (Å²) in [7, 11) is 0. The topological polar surface area (TPSA) is 65.3 Å². The Labute approximate surface area is 377 Å². The molecular formula is C55H97FN2O3. The van der Waals surface area contributed by atoms with Crippen LogP contribution in [0.2, 0.25) is 0 Å². The van der Waals surface area contributed by atoms with E-state index >= 15 is 4.39 Å². The lowest BCUT2D eigenvalue weighted by molar-refractivity contribution is 0.217. The second-order valence-corrected chi connectivity index (χ2v) is 16.9. The first-order valence-corrected chi connectivity index (χ1v) is 24.4. The molecule has 2 N–H and O–H groups in total. The Morgan fingerprint density at radius 3 is 1.62 bits per heavy atom. The Morgan fingerprint density at radius 1 is 0.787 bits per heavy atom. The Kier molecular flexibility index (Phi) is 32.2. The number of nitrogens with zero attached hydrogens (tertiary/aromatic N) is 2. The lowest BCUT2D eigenvalue weighted by atomic mass is 9.81. The number of likely N-dealkylation sites (tertiary alicyclic amines) is 1. The Balaban J connectivity index is 0. The Morgan fingerprint density at radius 2 is 1.30 bits per heavy atom. The summed E-state index contributed by atoms with van der Waals surface area (Å²) in [5, 5.41) is 19.0. The van der Waals surface area contributed by atoms with Gasteiger partial charge in [0.2, 0.25) is 0 Å². The van der Waals surface area contributed by atoms with Crippen LogP contribution in [0.3, 0.4) is 0 Å². The molecule has 0 bridgehead atoms. The highest BCUT2D eigenvalue weighted by Gasteiger charge is 2.42. The fraction of sp³-hybridized carbons (Fsp3) is 0.691. The minimum absolute atomic E-state index is 0.187. The van der Waals surface area contributed by atoms with E-state index in [-0.39, 0.29) is 17.7 Å². The average molecular weight is 853 g/mol. The first-order valence-electron chi connectivity index (χ1n) is 24.4. The molecule has 1 heterocycles. The van der Waals surface area contributed by atoms with Crippen molar-refractivity contribution in [3.8, 4) is 0 Å². The van der Waals surface area contributed by atoms with E-state index in [1.807, 2.05) is 41.5 Å². The van der Waals surface area contributed by atoms with E-state index in [1.54, 1.807) is 0 Å². The van der Waals surface area contributed by atoms with Crippen molar-refractivity contribution in [1.82, 2.24) is 4.90 Å². The molecule has 0 aromatic heterocycles. The van der Waals surface area contributed by atoms with Crippen LogP contribution < -0.4 is 0 Å². The van der Waals surface area contributed by atoms with E-state index in [4.69, 9.17) is 14.8 Å². The molecule has 2 atom stereocenters. The molecule has 1 aliphatic heterocycles. The van der Waals surface area contributed by atoms with Crippen molar-refractivity contribution in [2.75, 3.05) is 13.2 Å². The SMILES string of the molecule is C=C(/C(C(C)=C(C)C)=C(C)\C(C)=C/C)c1c(F)c(N=C(C)OCC2(CC)CC2)c(C(=C)N2C(CC)CCC2CC)c(CO)c1CC.CC.CCCC.CCCCC.CCCO. The molecule has 2 aliphatic rings. The number of aliphatic imine (C=N–C) groups is 1. The molecule has 3 rings (SSSR count). The standard InChI is InChI=1S/C41H61FN2O2.C5H12.C4H10.C3H8O.C2H6/c1-14-26(8)28(10)36(27(9)25(6)7)29(11)37-34(17-4)35(23-45)38(30(12)44-32(15-2)19-20-33(44)16-3)40(39(37)42)43-31(13)46-24-41(18-5)21-22-41;1-3-5-4-2;1-3-4-2;1-2-3-4;1-2/h14,32-33,45H,11-12,15-24H2,1-10,13H3;3-5H2,1-2H3;3-4H2,1-2H3;4H,2-3H2,1H3;1-2H3/b26-14-,36-28-,43-31?;;;;. The zero-order valence-electron chi connectivity index (χ0n) is 43.2. The number of aliphatic hydroxyl groups excluding tert-OH is 2. The predicted octanol–water partition coefficient (Wildman–Crippen LogP) is 16.8. The highest BCUT2D eigenvalue weighted by Crippen LogP contribution is 2.49. The summed E-state index contributed by atoms with van der Waals surface area (Å²) in [6.07, 6.45) is 17.6. The van der Waals surface area contributed by atoms with Crippen molar-refractivity contribution in [3.63, 3.8) is 0 Å². The molecule has 1 saturated carbocycles. The van der Waals surface area contributed by atoms with Gasteiger partial charge in [0.05, 0.1) is 13.2 Å². The van der Waals surface area contributed by atoms with Gasteiger partial charge in [-0.15, -0.1) is 0 Å². The van der Waals surface area contributed by atoms with E-state index in [0.29, 0.717) is 59.9 Å². The highest BCUT2D eigenvalue weighted by atomic mass is 19.1. The largest absolute Gasteiger partial charge is 0.480 e. The summed E-state index contributed by atoms with van der Waals surface area (Å²) in [4.78, 5) is 7.30. The van der Waals surface area contributed by atoms with Crippen molar-refractivity contribution in [2.45, 2.75) is 233 Å². The first-order chi connectivity index (χ1) is 29.0. The molecule has 1 aliphatic carbocycles. The number of hydrogen-bond acceptors (Lipinski definition) is 5. The maximum atomic E-state index is 17.6. The predicted molar refractivity (Wildman–Crippen MR) is 270 cm³/mol. The number of halogens is 1. The number of benzene rings is 1. The van der Waals surface area contributed by atoms with Crippen molar-refractivity contribution < 1.29 is 19.3 Å². The van der Waals surface area contributed by atoms with E-state index in [9.17, 15) is 5.11 Å². The fourth-order valence-electron chi connectivity index (χ4n) is 7.53. The highest BCUT2D eigenvalue weighted by molar-refractivity contribution is 5.91. The molecule has 0 radical (unpaired) electrons. The normalized spacial score (nSPS) is 16.9. The van der Waals surface area contributed by atoms with Crippen LogP contribution in [0, 0.1) is 11.2 Å². The third kappa shape index (κ3) is 18.0. The number of aliphatic hydroxyl groups is 2. The van der Waals surface area contributed by atoms with Crippen LogP contribution in [0.5, 0.6) is 0 Å². The van der Waals surface area contributed by atoms with Gasteiger partial charge >= 0.3 is 0 Å². The van der Waals surface area contributed by atoms with Crippen LogP contribution in [0.4, 0.5) is 10.1 Å². The van der Waals surface area contributed by atoms with Gasteiger partial charge in [-0.3, -0.25) is 0 Å². The Hall–Kier alpha value is -2.96. The summed E-state index contributed by atoms with van der Waals surface area (Å²) in [5.41, 5.74) is 9.48. The van der Waals surface area contributed by atoms with Crippen LogP contribution in [0.15, 0.2) is 52.1 Å². The van der Waals surface area contributed by atoms with Gasteiger partial charge in [-0.25, -0.2) is 9.38 Å². The summed E-state index contributed by atoms with van der Waals surface area (Å²) >= 11 is 0. The van der Waals surface area contributed by atoms with Crippen molar-refractivity contribution >= 4 is 22.9 Å². The third-order valence-corrected chi connectivity index (χ3v) is 12.4. The molecule has 61 heavy (non-hydrogen) atoms. The van der Waals surface area contributed by atoms with Crippen LogP contribution >= 0.6 is 0 Å². The lowest BCUT2D eigenvalue weighted by Gasteiger charge is -2.35. The van der Waals surface area contributed by atoms with E-state index in [0.717, 1.165) is 90.5 Å². The summed E-state index contributed by atoms with van der Waals surface area (Å²) in [6, 6.07) is 0.614. The summed E-state index contributed by atoms with van der Waals surface area (Å²) in [5.74, 6) is -0.00451. The third-order valence-electron chi connectivity index (χ3n) is 12.4. The van der Waals surface area contributed by atoms with Gasteiger partial charge in [0, 0.05) is 47.9 Å². The number of ether oxygens (including phenoxy) is 1. The monoisotopic (exact) mass is 853 g/mol. The van der Waals surface area contributed by atoms with E-state index in [1.165, 1.54) is 32.1 Å². The molecule has 1 aromatic rings. The van der Waals surface area contributed by atoms with Gasteiger partial charge < -0.3 is 19.8 Å². The smallest absolute Gasteiger partial charge is 0.185 e. The zero-order chi connectivity index (χ0) is 47.5. The number of hydrogen-bond donors (Lipinski definition) is 2. The van der Waals surface area contributed by atoms with E-state index in [2.05, 4.69) is 107 Å². The van der Waals surface area contributed by atoms with Crippen LogP contribution in [0.1, 0.15) is 230 Å². The molecule has 0 spiro atoms. The minimum atomic E-state index is -0.431. The maximum Gasteiger partial charge on any atom is 0.185 e. The maximum absolute atomic E-state index is 17.6. The second-order valence-electron chi connectivity index (χ2n) is 16.9. The van der Waals surface area contributed by atoms with Gasteiger partial charge in [-0.1, -0.05) is 139 Å².